The highest BCUT2D eigenvalue weighted by Gasteiger charge is 2.14. The van der Waals surface area contributed by atoms with E-state index in [0.29, 0.717) is 23.3 Å². The van der Waals surface area contributed by atoms with Crippen LogP contribution in [0.5, 0.6) is 0 Å². The molecule has 1 heterocycles. The molecule has 126 valence electrons. The molecule has 0 aliphatic rings. The highest BCUT2D eigenvalue weighted by atomic mass is 32.2. The third-order valence-electron chi connectivity index (χ3n) is 3.00. The van der Waals surface area contributed by atoms with Gasteiger partial charge in [-0.15, -0.1) is 11.3 Å². The molecule has 1 aromatic heterocycles. The van der Waals surface area contributed by atoms with Crippen LogP contribution in [0.15, 0.2) is 21.3 Å². The molecule has 0 spiro atoms. The smallest absolute Gasteiger partial charge is 0.250 e. The average Bonchev–Trinajstić information content (AvgIpc) is 2.91. The molecule has 0 amide bonds. The first-order valence-corrected chi connectivity index (χ1v) is 9.85. The summed E-state index contributed by atoms with van der Waals surface area (Å²) in [5.74, 6) is 0.364. The maximum absolute atomic E-state index is 12.0. The minimum absolute atomic E-state index is 0.269. The zero-order valence-corrected chi connectivity index (χ0v) is 14.9. The van der Waals surface area contributed by atoms with Crippen molar-refractivity contribution in [1.29, 1.82) is 0 Å². The lowest BCUT2D eigenvalue weighted by molar-refractivity contribution is 0.583. The Labute approximate surface area is 137 Å². The van der Waals surface area contributed by atoms with E-state index >= 15 is 0 Å². The fraction of sp³-hybridized carbons (Fsp3) is 0.643. The number of aliphatic imine (C=N–C) groups is 1. The van der Waals surface area contributed by atoms with Crippen LogP contribution in [0, 0.1) is 6.92 Å². The van der Waals surface area contributed by atoms with E-state index in [9.17, 15) is 8.42 Å². The molecular weight excluding hydrogens is 320 g/mol. The summed E-state index contributed by atoms with van der Waals surface area (Å²) >= 11 is 1.26. The molecule has 0 unspecified atom stereocenters. The maximum Gasteiger partial charge on any atom is 0.250 e. The minimum atomic E-state index is -3.42. The number of unbranched alkanes of at least 4 members (excludes halogenated alkanes) is 3. The molecule has 0 aromatic carbocycles. The number of rotatable bonds is 10. The molecular formula is C14H26N4O2S2. The van der Waals surface area contributed by atoms with E-state index in [1.807, 2.05) is 6.92 Å². The fourth-order valence-electron chi connectivity index (χ4n) is 1.80. The van der Waals surface area contributed by atoms with E-state index in [0.717, 1.165) is 17.7 Å². The van der Waals surface area contributed by atoms with Crippen LogP contribution in [0.4, 0.5) is 0 Å². The summed E-state index contributed by atoms with van der Waals surface area (Å²) < 4.78 is 26.8. The number of nitrogens with two attached hydrogens (primary N) is 1. The number of aryl methyl sites for hydroxylation is 1. The molecule has 0 atom stereocenters. The molecule has 8 heteroatoms. The molecule has 1 rings (SSSR count). The summed E-state index contributed by atoms with van der Waals surface area (Å²) in [5, 5.41) is 2.91. The van der Waals surface area contributed by atoms with Gasteiger partial charge in [0, 0.05) is 24.5 Å². The molecule has 6 nitrogen and oxygen atoms in total. The summed E-state index contributed by atoms with van der Waals surface area (Å²) in [6, 6.07) is 3.41. The molecule has 1 aromatic rings. The van der Waals surface area contributed by atoms with Crippen molar-refractivity contribution in [3.8, 4) is 0 Å². The molecule has 0 aliphatic carbocycles. The summed E-state index contributed by atoms with van der Waals surface area (Å²) in [6.07, 6.45) is 4.60. The zero-order chi connectivity index (χ0) is 16.4. The van der Waals surface area contributed by atoms with Crippen molar-refractivity contribution < 1.29 is 8.42 Å². The first kappa shape index (κ1) is 18.9. The van der Waals surface area contributed by atoms with Gasteiger partial charge in [0.05, 0.1) is 0 Å². The molecule has 22 heavy (non-hydrogen) atoms. The van der Waals surface area contributed by atoms with Crippen LogP contribution in [0.1, 0.15) is 37.5 Å². The Bertz CT molecular complexity index is 567. The average molecular weight is 347 g/mol. The number of thiophene rings is 1. The molecule has 0 fully saturated rings. The summed E-state index contributed by atoms with van der Waals surface area (Å²) in [6.45, 7) is 5.43. The van der Waals surface area contributed by atoms with Crippen LogP contribution in [0.25, 0.3) is 0 Å². The van der Waals surface area contributed by atoms with Gasteiger partial charge >= 0.3 is 0 Å². The topological polar surface area (TPSA) is 96.6 Å². The zero-order valence-electron chi connectivity index (χ0n) is 13.3. The highest BCUT2D eigenvalue weighted by molar-refractivity contribution is 7.91. The van der Waals surface area contributed by atoms with Gasteiger partial charge in [-0.3, -0.25) is 4.99 Å². The van der Waals surface area contributed by atoms with Gasteiger partial charge in [0.1, 0.15) is 4.21 Å². The number of nitrogens with one attached hydrogen (secondary N) is 2. The first-order chi connectivity index (χ1) is 10.5. The summed E-state index contributed by atoms with van der Waals surface area (Å²) in [4.78, 5) is 5.17. The molecule has 0 saturated heterocycles. The van der Waals surface area contributed by atoms with Crippen molar-refractivity contribution in [1.82, 2.24) is 10.0 Å². The van der Waals surface area contributed by atoms with Crippen molar-refractivity contribution >= 4 is 27.3 Å². The van der Waals surface area contributed by atoms with Gasteiger partial charge < -0.3 is 11.1 Å². The normalized spacial score (nSPS) is 12.5. The van der Waals surface area contributed by atoms with Gasteiger partial charge in [0.25, 0.3) is 0 Å². The number of nitrogens with zero attached hydrogens (tertiary/aromatic N) is 1. The number of hydrogen-bond acceptors (Lipinski definition) is 4. The van der Waals surface area contributed by atoms with E-state index in [1.54, 1.807) is 12.1 Å². The lowest BCUT2D eigenvalue weighted by Crippen LogP contribution is -2.38. The van der Waals surface area contributed by atoms with Crippen LogP contribution in [0.3, 0.4) is 0 Å². The van der Waals surface area contributed by atoms with E-state index in [2.05, 4.69) is 22.0 Å². The third-order valence-corrected chi connectivity index (χ3v) is 5.95. The first-order valence-electron chi connectivity index (χ1n) is 7.55. The van der Waals surface area contributed by atoms with Gasteiger partial charge in [-0.2, -0.15) is 0 Å². The highest BCUT2D eigenvalue weighted by Crippen LogP contribution is 2.19. The standard InChI is InChI=1S/C14H26N4O2S2/c1-3-4-5-6-9-16-14(15)17-10-11-18-22(19,20)13-8-7-12(2)21-13/h7-8,18H,3-6,9-11H2,1-2H3,(H3,15,16,17). The number of guanidine groups is 1. The van der Waals surface area contributed by atoms with E-state index in [4.69, 9.17) is 5.73 Å². The SMILES string of the molecule is CCCCCCN=C(N)NCCNS(=O)(=O)c1ccc(C)s1. The third kappa shape index (κ3) is 7.24. The Kier molecular flexibility index (Phi) is 8.44. The number of hydrogen-bond donors (Lipinski definition) is 3. The van der Waals surface area contributed by atoms with Crippen molar-refractivity contribution in [3.05, 3.63) is 17.0 Å². The number of sulfonamides is 1. The van der Waals surface area contributed by atoms with Crippen LogP contribution >= 0.6 is 11.3 Å². The Hall–Kier alpha value is -1.12. The van der Waals surface area contributed by atoms with Crippen LogP contribution in [-0.4, -0.2) is 34.0 Å². The second-order valence-corrected chi connectivity index (χ2v) is 8.30. The van der Waals surface area contributed by atoms with Crippen molar-refractivity contribution in [3.63, 3.8) is 0 Å². The Balaban J connectivity index is 2.23. The largest absolute Gasteiger partial charge is 0.370 e. The Morgan fingerprint density at radius 1 is 1.27 bits per heavy atom. The molecule has 0 saturated carbocycles. The van der Waals surface area contributed by atoms with E-state index in [-0.39, 0.29) is 6.54 Å². The van der Waals surface area contributed by atoms with Gasteiger partial charge in [0.2, 0.25) is 10.0 Å². The molecule has 0 aliphatic heterocycles. The molecule has 0 bridgehead atoms. The van der Waals surface area contributed by atoms with E-state index < -0.39 is 10.0 Å². The lowest BCUT2D eigenvalue weighted by atomic mass is 10.2. The minimum Gasteiger partial charge on any atom is -0.370 e. The molecule has 4 N–H and O–H groups in total. The van der Waals surface area contributed by atoms with Crippen LogP contribution in [0.2, 0.25) is 0 Å². The lowest BCUT2D eigenvalue weighted by Gasteiger charge is -2.07. The van der Waals surface area contributed by atoms with E-state index in [1.165, 1.54) is 24.2 Å². The van der Waals surface area contributed by atoms with Gasteiger partial charge in [-0.05, 0) is 25.5 Å². The van der Waals surface area contributed by atoms with Gasteiger partial charge in [-0.25, -0.2) is 13.1 Å². The van der Waals surface area contributed by atoms with Gasteiger partial charge in [0.15, 0.2) is 5.96 Å². The summed E-state index contributed by atoms with van der Waals surface area (Å²) in [7, 11) is -3.42. The van der Waals surface area contributed by atoms with Crippen molar-refractivity contribution in [2.75, 3.05) is 19.6 Å². The summed E-state index contributed by atoms with van der Waals surface area (Å²) in [5.41, 5.74) is 5.72. The van der Waals surface area contributed by atoms with Crippen molar-refractivity contribution in [2.45, 2.75) is 43.7 Å². The maximum atomic E-state index is 12.0. The monoisotopic (exact) mass is 346 g/mol. The van der Waals surface area contributed by atoms with Crippen LogP contribution in [-0.2, 0) is 10.0 Å². The predicted octanol–water partition coefficient (Wildman–Crippen LogP) is 1.82. The second kappa shape index (κ2) is 9.81. The van der Waals surface area contributed by atoms with Gasteiger partial charge in [-0.1, -0.05) is 26.2 Å². The predicted molar refractivity (Wildman–Crippen MR) is 92.9 cm³/mol. The molecule has 0 radical (unpaired) electrons. The van der Waals surface area contributed by atoms with Crippen LogP contribution < -0.4 is 15.8 Å². The Morgan fingerprint density at radius 2 is 2.05 bits per heavy atom. The van der Waals surface area contributed by atoms with Crippen molar-refractivity contribution in [2.24, 2.45) is 10.7 Å². The quantitative estimate of drug-likeness (QED) is 0.342. The Morgan fingerprint density at radius 3 is 2.68 bits per heavy atom. The fourth-order valence-corrected chi connectivity index (χ4v) is 4.16. The second-order valence-electron chi connectivity index (χ2n) is 5.02.